The summed E-state index contributed by atoms with van der Waals surface area (Å²) in [6.45, 7) is 5.98. The molecular formula is C13H23NO6. The van der Waals surface area contributed by atoms with Gasteiger partial charge in [0.05, 0.1) is 12.2 Å². The zero-order valence-corrected chi connectivity index (χ0v) is 12.4. The van der Waals surface area contributed by atoms with Gasteiger partial charge in [0, 0.05) is 26.6 Å². The highest BCUT2D eigenvalue weighted by atomic mass is 16.6. The Hall–Kier alpha value is -1.34. The van der Waals surface area contributed by atoms with E-state index in [-0.39, 0.29) is 6.42 Å². The molecule has 0 aromatic heterocycles. The summed E-state index contributed by atoms with van der Waals surface area (Å²) >= 11 is 0. The van der Waals surface area contributed by atoms with Crippen LogP contribution in [0.25, 0.3) is 0 Å². The fourth-order valence-corrected chi connectivity index (χ4v) is 2.02. The number of hydrogen-bond donors (Lipinski definition) is 2. The van der Waals surface area contributed by atoms with E-state index in [1.165, 1.54) is 7.11 Å². The molecule has 2 atom stereocenters. The first-order valence-corrected chi connectivity index (χ1v) is 6.53. The molecule has 0 spiro atoms. The Kier molecular flexibility index (Phi) is 5.35. The average Bonchev–Trinajstić information content (AvgIpc) is 2.74. The zero-order valence-electron chi connectivity index (χ0n) is 12.4. The van der Waals surface area contributed by atoms with E-state index in [1.807, 2.05) is 0 Å². The van der Waals surface area contributed by atoms with Gasteiger partial charge in [-0.25, -0.2) is 9.59 Å². The Balaban J connectivity index is 2.65. The van der Waals surface area contributed by atoms with E-state index < -0.39 is 29.3 Å². The molecule has 1 aliphatic rings. The number of carboxylic acid groups (broad SMARTS) is 1. The molecule has 0 radical (unpaired) electrons. The largest absolute Gasteiger partial charge is 0.480 e. The lowest BCUT2D eigenvalue weighted by molar-refractivity contribution is -0.142. The molecule has 1 heterocycles. The highest BCUT2D eigenvalue weighted by molar-refractivity contribution is 5.80. The van der Waals surface area contributed by atoms with Crippen molar-refractivity contribution >= 4 is 12.1 Å². The van der Waals surface area contributed by atoms with Crippen LogP contribution in [0, 0.1) is 0 Å². The molecule has 0 saturated carbocycles. The summed E-state index contributed by atoms with van der Waals surface area (Å²) in [5.41, 5.74) is -1.35. The van der Waals surface area contributed by atoms with Crippen molar-refractivity contribution in [2.45, 2.75) is 50.9 Å². The molecule has 1 rings (SSSR count). The molecule has 116 valence electrons. The molecule has 0 aromatic rings. The lowest BCUT2D eigenvalue weighted by atomic mass is 9.93. The molecule has 1 saturated heterocycles. The SMILES string of the molecule is COC1(CC(NC(=O)OC(C)(C)C)C(=O)O)CCOC1. The summed E-state index contributed by atoms with van der Waals surface area (Å²) in [5.74, 6) is -1.13. The predicted molar refractivity (Wildman–Crippen MR) is 70.6 cm³/mol. The molecule has 0 bridgehead atoms. The molecular weight excluding hydrogens is 266 g/mol. The van der Waals surface area contributed by atoms with Crippen LogP contribution in [0.1, 0.15) is 33.6 Å². The summed E-state index contributed by atoms with van der Waals surface area (Å²) < 4.78 is 15.7. The zero-order chi connectivity index (χ0) is 15.4. The van der Waals surface area contributed by atoms with Gasteiger partial charge in [-0.3, -0.25) is 0 Å². The van der Waals surface area contributed by atoms with Crippen molar-refractivity contribution in [3.05, 3.63) is 0 Å². The third-order valence-corrected chi connectivity index (χ3v) is 3.07. The van der Waals surface area contributed by atoms with Crippen molar-refractivity contribution in [1.29, 1.82) is 0 Å². The summed E-state index contributed by atoms with van der Waals surface area (Å²) in [6.07, 6.45) is -0.0171. The van der Waals surface area contributed by atoms with Crippen LogP contribution in [-0.4, -0.2) is 54.7 Å². The van der Waals surface area contributed by atoms with Gasteiger partial charge in [0.25, 0.3) is 0 Å². The minimum atomic E-state index is -1.13. The second-order valence-corrected chi connectivity index (χ2v) is 5.93. The number of carbonyl (C=O) groups excluding carboxylic acids is 1. The van der Waals surface area contributed by atoms with Gasteiger partial charge in [0.2, 0.25) is 0 Å². The van der Waals surface area contributed by atoms with Crippen molar-refractivity contribution in [2.75, 3.05) is 20.3 Å². The summed E-state index contributed by atoms with van der Waals surface area (Å²) in [6, 6.07) is -1.08. The molecule has 7 nitrogen and oxygen atoms in total. The first-order chi connectivity index (χ1) is 9.17. The third-order valence-electron chi connectivity index (χ3n) is 3.07. The summed E-state index contributed by atoms with van der Waals surface area (Å²) in [7, 11) is 1.51. The first-order valence-electron chi connectivity index (χ1n) is 6.53. The Morgan fingerprint density at radius 2 is 2.10 bits per heavy atom. The van der Waals surface area contributed by atoms with Crippen LogP contribution in [0.2, 0.25) is 0 Å². The second kappa shape index (κ2) is 6.41. The Morgan fingerprint density at radius 1 is 1.45 bits per heavy atom. The van der Waals surface area contributed by atoms with Crippen LogP contribution < -0.4 is 5.32 Å². The van der Waals surface area contributed by atoms with Crippen LogP contribution in [0.3, 0.4) is 0 Å². The van der Waals surface area contributed by atoms with Gasteiger partial charge in [-0.1, -0.05) is 0 Å². The number of hydrogen-bond acceptors (Lipinski definition) is 5. The lowest BCUT2D eigenvalue weighted by Crippen LogP contribution is -2.49. The average molecular weight is 289 g/mol. The number of rotatable bonds is 5. The molecule has 1 amide bonds. The van der Waals surface area contributed by atoms with Crippen molar-refractivity contribution in [1.82, 2.24) is 5.32 Å². The Morgan fingerprint density at radius 3 is 2.50 bits per heavy atom. The fourth-order valence-electron chi connectivity index (χ4n) is 2.02. The van der Waals surface area contributed by atoms with Gasteiger partial charge in [-0.2, -0.15) is 0 Å². The monoisotopic (exact) mass is 289 g/mol. The maximum absolute atomic E-state index is 11.7. The number of aliphatic carboxylic acids is 1. The van der Waals surface area contributed by atoms with E-state index in [9.17, 15) is 14.7 Å². The number of ether oxygens (including phenoxy) is 3. The maximum Gasteiger partial charge on any atom is 0.408 e. The molecule has 0 aliphatic carbocycles. The maximum atomic E-state index is 11.7. The number of carbonyl (C=O) groups is 2. The number of alkyl carbamates (subject to hydrolysis) is 1. The van der Waals surface area contributed by atoms with Crippen molar-refractivity contribution in [2.24, 2.45) is 0 Å². The number of amides is 1. The van der Waals surface area contributed by atoms with Crippen molar-refractivity contribution < 1.29 is 28.9 Å². The Bertz CT molecular complexity index is 356. The van der Waals surface area contributed by atoms with Crippen LogP contribution >= 0.6 is 0 Å². The summed E-state index contributed by atoms with van der Waals surface area (Å²) in [4.78, 5) is 23.0. The van der Waals surface area contributed by atoms with Gasteiger partial charge < -0.3 is 24.6 Å². The van der Waals surface area contributed by atoms with Crippen LogP contribution in [0.4, 0.5) is 4.79 Å². The van der Waals surface area contributed by atoms with Crippen molar-refractivity contribution in [3.63, 3.8) is 0 Å². The molecule has 1 fully saturated rings. The quantitative estimate of drug-likeness (QED) is 0.788. The highest BCUT2D eigenvalue weighted by Crippen LogP contribution is 2.27. The lowest BCUT2D eigenvalue weighted by Gasteiger charge is -2.29. The van der Waals surface area contributed by atoms with E-state index in [1.54, 1.807) is 20.8 Å². The van der Waals surface area contributed by atoms with E-state index in [0.29, 0.717) is 19.6 Å². The highest BCUT2D eigenvalue weighted by Gasteiger charge is 2.40. The normalized spacial score (nSPS) is 24.2. The van der Waals surface area contributed by atoms with E-state index >= 15 is 0 Å². The molecule has 7 heteroatoms. The standard InChI is InChI=1S/C13H23NO6/c1-12(2,3)20-11(17)14-9(10(15)16)7-13(18-4)5-6-19-8-13/h9H,5-8H2,1-4H3,(H,14,17)(H,15,16). The minimum absolute atomic E-state index is 0.137. The van der Waals surface area contributed by atoms with Gasteiger partial charge in [-0.05, 0) is 20.8 Å². The fraction of sp³-hybridized carbons (Fsp3) is 0.846. The molecule has 2 unspecified atom stereocenters. The third kappa shape index (κ3) is 4.97. The van der Waals surface area contributed by atoms with Crippen LogP contribution in [0.5, 0.6) is 0 Å². The first kappa shape index (κ1) is 16.7. The van der Waals surface area contributed by atoms with Crippen LogP contribution in [-0.2, 0) is 19.0 Å². The van der Waals surface area contributed by atoms with Gasteiger partial charge in [0.15, 0.2) is 0 Å². The molecule has 2 N–H and O–H groups in total. The molecule has 0 aromatic carbocycles. The van der Waals surface area contributed by atoms with E-state index in [4.69, 9.17) is 14.2 Å². The van der Waals surface area contributed by atoms with E-state index in [2.05, 4.69) is 5.32 Å². The Labute approximate surface area is 118 Å². The summed E-state index contributed by atoms with van der Waals surface area (Å²) in [5, 5.41) is 11.6. The number of nitrogens with one attached hydrogen (secondary N) is 1. The van der Waals surface area contributed by atoms with Gasteiger partial charge >= 0.3 is 12.1 Å². The van der Waals surface area contributed by atoms with Crippen LogP contribution in [0.15, 0.2) is 0 Å². The minimum Gasteiger partial charge on any atom is -0.480 e. The molecule has 20 heavy (non-hydrogen) atoms. The smallest absolute Gasteiger partial charge is 0.408 e. The molecule has 1 aliphatic heterocycles. The number of methoxy groups -OCH3 is 1. The topological polar surface area (TPSA) is 94.1 Å². The van der Waals surface area contributed by atoms with Crippen molar-refractivity contribution in [3.8, 4) is 0 Å². The number of carboxylic acids is 1. The van der Waals surface area contributed by atoms with Gasteiger partial charge in [0.1, 0.15) is 11.6 Å². The second-order valence-electron chi connectivity index (χ2n) is 5.93. The van der Waals surface area contributed by atoms with Gasteiger partial charge in [-0.15, -0.1) is 0 Å². The predicted octanol–water partition coefficient (Wildman–Crippen LogP) is 1.16. The van der Waals surface area contributed by atoms with E-state index in [0.717, 1.165) is 0 Å².